The molecule has 1 rings (SSSR count). The largest absolute Gasteiger partial charge is 0.361 e. The van der Waals surface area contributed by atoms with Gasteiger partial charge in [-0.3, -0.25) is 9.59 Å². The molecule has 0 aliphatic carbocycles. The quantitative estimate of drug-likeness (QED) is 0.349. The van der Waals surface area contributed by atoms with Gasteiger partial charge in [-0.2, -0.15) is 5.10 Å². The molecule has 3 N–H and O–H groups in total. The number of carbonyl (C=O) groups is 2. The Bertz CT molecular complexity index is 522. The van der Waals surface area contributed by atoms with E-state index in [1.54, 1.807) is 6.21 Å². The highest BCUT2D eigenvalue weighted by atomic mass is 16.2. The summed E-state index contributed by atoms with van der Waals surface area (Å²) in [5.74, 6) is -1.97. The molecule has 5 heteroatoms. The molecule has 0 fully saturated rings. The SMILES string of the molecule is CCCCCC(=C/c1ccccc1)/C=N/NC(=O)C(N)=O. The fraction of sp³-hybridized carbons (Fsp3) is 0.312. The van der Waals surface area contributed by atoms with Crippen LogP contribution in [0.1, 0.15) is 38.2 Å². The van der Waals surface area contributed by atoms with Gasteiger partial charge >= 0.3 is 11.8 Å². The van der Waals surface area contributed by atoms with Crippen LogP contribution in [0.2, 0.25) is 0 Å². The van der Waals surface area contributed by atoms with Crippen molar-refractivity contribution in [3.8, 4) is 0 Å². The average molecular weight is 287 g/mol. The molecule has 112 valence electrons. The first-order chi connectivity index (χ1) is 10.1. The number of rotatable bonds is 7. The van der Waals surface area contributed by atoms with E-state index in [1.807, 2.05) is 36.4 Å². The third kappa shape index (κ3) is 7.06. The van der Waals surface area contributed by atoms with E-state index in [0.29, 0.717) is 0 Å². The van der Waals surface area contributed by atoms with Crippen LogP contribution in [0.25, 0.3) is 6.08 Å². The lowest BCUT2D eigenvalue weighted by Gasteiger charge is -2.02. The topological polar surface area (TPSA) is 84.6 Å². The zero-order valence-electron chi connectivity index (χ0n) is 12.2. The van der Waals surface area contributed by atoms with Crippen LogP contribution in [0, 0.1) is 0 Å². The van der Waals surface area contributed by atoms with Gasteiger partial charge in [0.25, 0.3) is 0 Å². The summed E-state index contributed by atoms with van der Waals surface area (Å²) in [6.07, 6.45) is 7.74. The Morgan fingerprint density at radius 1 is 1.24 bits per heavy atom. The molecular formula is C16H21N3O2. The van der Waals surface area contributed by atoms with Gasteiger partial charge in [0.05, 0.1) is 6.21 Å². The summed E-state index contributed by atoms with van der Waals surface area (Å²) < 4.78 is 0. The van der Waals surface area contributed by atoms with Crippen LogP contribution in [-0.2, 0) is 9.59 Å². The van der Waals surface area contributed by atoms with E-state index in [9.17, 15) is 9.59 Å². The number of amides is 2. The summed E-state index contributed by atoms with van der Waals surface area (Å²) in [6.45, 7) is 2.14. The molecule has 21 heavy (non-hydrogen) atoms. The predicted octanol–water partition coefficient (Wildman–Crippen LogP) is 2.24. The Hall–Kier alpha value is -2.43. The maximum atomic E-state index is 11.0. The van der Waals surface area contributed by atoms with Gasteiger partial charge in [-0.15, -0.1) is 0 Å². The number of carbonyl (C=O) groups excluding carboxylic acids is 2. The first kappa shape index (κ1) is 16.6. The van der Waals surface area contributed by atoms with Crippen molar-refractivity contribution >= 4 is 24.1 Å². The highest BCUT2D eigenvalue weighted by molar-refractivity contribution is 6.34. The van der Waals surface area contributed by atoms with Crippen LogP contribution >= 0.6 is 0 Å². The molecule has 0 saturated carbocycles. The number of nitrogens with zero attached hydrogens (tertiary/aromatic N) is 1. The van der Waals surface area contributed by atoms with Crippen LogP contribution in [0.3, 0.4) is 0 Å². The van der Waals surface area contributed by atoms with Gasteiger partial charge in [-0.25, -0.2) is 5.43 Å². The molecule has 0 heterocycles. The fourth-order valence-corrected chi connectivity index (χ4v) is 1.75. The zero-order valence-corrected chi connectivity index (χ0v) is 12.2. The molecule has 0 atom stereocenters. The molecule has 0 saturated heterocycles. The van der Waals surface area contributed by atoms with Gasteiger partial charge in [0, 0.05) is 0 Å². The number of nitrogens with one attached hydrogen (secondary N) is 1. The number of hydrogen-bond acceptors (Lipinski definition) is 3. The highest BCUT2D eigenvalue weighted by Crippen LogP contribution is 2.12. The van der Waals surface area contributed by atoms with Crippen molar-refractivity contribution in [2.45, 2.75) is 32.6 Å². The molecule has 5 nitrogen and oxygen atoms in total. The molecule has 0 bridgehead atoms. The number of unbranched alkanes of at least 4 members (excludes halogenated alkanes) is 2. The lowest BCUT2D eigenvalue weighted by Crippen LogP contribution is -2.32. The normalized spacial score (nSPS) is 11.6. The van der Waals surface area contributed by atoms with Crippen molar-refractivity contribution in [3.63, 3.8) is 0 Å². The first-order valence-electron chi connectivity index (χ1n) is 7.02. The number of hydrazone groups is 1. The molecule has 0 unspecified atom stereocenters. The van der Waals surface area contributed by atoms with Gasteiger partial charge in [0.1, 0.15) is 0 Å². The van der Waals surface area contributed by atoms with Crippen molar-refractivity contribution in [1.82, 2.24) is 5.43 Å². The van der Waals surface area contributed by atoms with Crippen LogP contribution in [-0.4, -0.2) is 18.0 Å². The molecule has 1 aromatic rings. The van der Waals surface area contributed by atoms with Crippen molar-refractivity contribution in [2.24, 2.45) is 10.8 Å². The monoisotopic (exact) mass is 287 g/mol. The maximum absolute atomic E-state index is 11.0. The van der Waals surface area contributed by atoms with Crippen molar-refractivity contribution in [3.05, 3.63) is 41.5 Å². The maximum Gasteiger partial charge on any atom is 0.329 e. The second-order valence-electron chi connectivity index (χ2n) is 4.65. The predicted molar refractivity (Wildman–Crippen MR) is 84.4 cm³/mol. The number of benzene rings is 1. The Kier molecular flexibility index (Phi) is 7.50. The van der Waals surface area contributed by atoms with Gasteiger partial charge < -0.3 is 5.73 Å². The fourth-order valence-electron chi connectivity index (χ4n) is 1.75. The smallest absolute Gasteiger partial charge is 0.329 e. The van der Waals surface area contributed by atoms with E-state index in [-0.39, 0.29) is 0 Å². The van der Waals surface area contributed by atoms with Gasteiger partial charge in [-0.05, 0) is 24.0 Å². The molecule has 0 aliphatic heterocycles. The number of primary amides is 1. The van der Waals surface area contributed by atoms with Gasteiger partial charge in [0.2, 0.25) is 0 Å². The average Bonchev–Trinajstić information content (AvgIpc) is 2.48. The van der Waals surface area contributed by atoms with E-state index in [0.717, 1.165) is 36.8 Å². The summed E-state index contributed by atoms with van der Waals surface area (Å²) in [5.41, 5.74) is 8.99. The van der Waals surface area contributed by atoms with Crippen LogP contribution in [0.4, 0.5) is 0 Å². The highest BCUT2D eigenvalue weighted by Gasteiger charge is 2.05. The van der Waals surface area contributed by atoms with E-state index < -0.39 is 11.8 Å². The van der Waals surface area contributed by atoms with E-state index in [1.165, 1.54) is 0 Å². The van der Waals surface area contributed by atoms with Crippen LogP contribution in [0.15, 0.2) is 41.0 Å². The minimum absolute atomic E-state index is 0.860. The minimum Gasteiger partial charge on any atom is -0.361 e. The Morgan fingerprint density at radius 2 is 1.95 bits per heavy atom. The van der Waals surface area contributed by atoms with Crippen molar-refractivity contribution in [2.75, 3.05) is 0 Å². The third-order valence-corrected chi connectivity index (χ3v) is 2.84. The van der Waals surface area contributed by atoms with Gasteiger partial charge in [0.15, 0.2) is 0 Å². The summed E-state index contributed by atoms with van der Waals surface area (Å²) >= 11 is 0. The van der Waals surface area contributed by atoms with Crippen molar-refractivity contribution < 1.29 is 9.59 Å². The van der Waals surface area contributed by atoms with E-state index in [4.69, 9.17) is 5.73 Å². The van der Waals surface area contributed by atoms with E-state index in [2.05, 4.69) is 17.5 Å². The Labute approximate surface area is 124 Å². The van der Waals surface area contributed by atoms with Crippen LogP contribution < -0.4 is 11.2 Å². The lowest BCUT2D eigenvalue weighted by molar-refractivity contribution is -0.137. The zero-order chi connectivity index (χ0) is 15.5. The molecule has 1 aromatic carbocycles. The van der Waals surface area contributed by atoms with Crippen molar-refractivity contribution in [1.29, 1.82) is 0 Å². The molecule has 0 aromatic heterocycles. The first-order valence-corrected chi connectivity index (χ1v) is 7.02. The summed E-state index contributed by atoms with van der Waals surface area (Å²) in [6, 6.07) is 9.86. The summed E-state index contributed by atoms with van der Waals surface area (Å²) in [5, 5.41) is 3.77. The molecule has 0 radical (unpaired) electrons. The second-order valence-corrected chi connectivity index (χ2v) is 4.65. The molecule has 0 aliphatic rings. The number of nitrogens with two attached hydrogens (primary N) is 1. The number of allylic oxidation sites excluding steroid dienone is 1. The van der Waals surface area contributed by atoms with Crippen LogP contribution in [0.5, 0.6) is 0 Å². The summed E-state index contributed by atoms with van der Waals surface area (Å²) in [4.78, 5) is 21.6. The van der Waals surface area contributed by atoms with Gasteiger partial charge in [-0.1, -0.05) is 56.2 Å². The minimum atomic E-state index is -1.05. The molecule has 0 spiro atoms. The molecular weight excluding hydrogens is 266 g/mol. The number of hydrogen-bond donors (Lipinski definition) is 2. The third-order valence-electron chi connectivity index (χ3n) is 2.84. The Balaban J connectivity index is 2.72. The Morgan fingerprint density at radius 3 is 2.57 bits per heavy atom. The standard InChI is InChI=1S/C16H21N3O2/c1-2-3-5-10-14(11-13-8-6-4-7-9-13)12-18-19-16(21)15(17)20/h4,6-9,11-12H,2-3,5,10H2,1H3,(H2,17,20)(H,19,21)/b14-11-,18-12+. The lowest BCUT2D eigenvalue weighted by atomic mass is 10.1. The molecule has 2 amide bonds. The van der Waals surface area contributed by atoms with E-state index >= 15 is 0 Å². The summed E-state index contributed by atoms with van der Waals surface area (Å²) in [7, 11) is 0. The second kappa shape index (κ2) is 9.47.